The van der Waals surface area contributed by atoms with E-state index in [2.05, 4.69) is 19.2 Å². The molecule has 1 rings (SSSR count). The van der Waals surface area contributed by atoms with Crippen molar-refractivity contribution in [3.63, 3.8) is 0 Å². The monoisotopic (exact) mass is 301 g/mol. The molecule has 19 heavy (non-hydrogen) atoms. The molecule has 1 unspecified atom stereocenters. The zero-order valence-corrected chi connectivity index (χ0v) is 13.7. The summed E-state index contributed by atoms with van der Waals surface area (Å²) < 4.78 is 0. The molecular formula is C16H25Cl2N. The van der Waals surface area contributed by atoms with E-state index in [0.717, 1.165) is 11.4 Å². The fraction of sp³-hybridized carbons (Fsp3) is 0.625. The SMILES string of the molecule is CCCC(CCC)C(Cc1ccc(Cl)cc1Cl)NC. The molecule has 0 saturated carbocycles. The van der Waals surface area contributed by atoms with Crippen LogP contribution in [0.1, 0.15) is 45.1 Å². The fourth-order valence-electron chi connectivity index (χ4n) is 2.72. The Hall–Kier alpha value is -0.240. The number of hydrogen-bond acceptors (Lipinski definition) is 1. The Balaban J connectivity index is 2.78. The van der Waals surface area contributed by atoms with Crippen molar-refractivity contribution in [3.8, 4) is 0 Å². The molecule has 1 aromatic rings. The van der Waals surface area contributed by atoms with Gasteiger partial charge in [-0.3, -0.25) is 0 Å². The van der Waals surface area contributed by atoms with Gasteiger partial charge in [0.25, 0.3) is 0 Å². The molecule has 0 heterocycles. The van der Waals surface area contributed by atoms with E-state index in [1.807, 2.05) is 25.2 Å². The summed E-state index contributed by atoms with van der Waals surface area (Å²) in [4.78, 5) is 0. The van der Waals surface area contributed by atoms with Crippen molar-refractivity contribution < 1.29 is 0 Å². The Kier molecular flexibility index (Phi) is 7.82. The fourth-order valence-corrected chi connectivity index (χ4v) is 3.20. The number of halogens is 2. The van der Waals surface area contributed by atoms with E-state index in [0.29, 0.717) is 17.0 Å². The van der Waals surface area contributed by atoms with E-state index >= 15 is 0 Å². The summed E-state index contributed by atoms with van der Waals surface area (Å²) in [6.45, 7) is 4.51. The third-order valence-electron chi connectivity index (χ3n) is 3.71. The van der Waals surface area contributed by atoms with Crippen LogP contribution in [0.4, 0.5) is 0 Å². The molecule has 0 aromatic heterocycles. The summed E-state index contributed by atoms with van der Waals surface area (Å²) in [6.07, 6.45) is 5.97. The first-order valence-corrected chi connectivity index (χ1v) is 7.99. The van der Waals surface area contributed by atoms with Gasteiger partial charge in [-0.1, -0.05) is 56.0 Å². The van der Waals surface area contributed by atoms with Crippen LogP contribution in [0, 0.1) is 5.92 Å². The molecule has 0 aliphatic heterocycles. The lowest BCUT2D eigenvalue weighted by Gasteiger charge is -2.27. The van der Waals surface area contributed by atoms with Crippen LogP contribution in [0.15, 0.2) is 18.2 Å². The molecular weight excluding hydrogens is 277 g/mol. The highest BCUT2D eigenvalue weighted by molar-refractivity contribution is 6.35. The largest absolute Gasteiger partial charge is 0.316 e. The van der Waals surface area contributed by atoms with Crippen LogP contribution in [0.25, 0.3) is 0 Å². The molecule has 0 fully saturated rings. The van der Waals surface area contributed by atoms with Crippen molar-refractivity contribution in [2.75, 3.05) is 7.05 Å². The van der Waals surface area contributed by atoms with Gasteiger partial charge in [-0.05, 0) is 49.9 Å². The van der Waals surface area contributed by atoms with Gasteiger partial charge in [0, 0.05) is 16.1 Å². The minimum atomic E-state index is 0.485. The molecule has 0 aliphatic rings. The quantitative estimate of drug-likeness (QED) is 0.683. The predicted octanol–water partition coefficient (Wildman–Crippen LogP) is 5.34. The van der Waals surface area contributed by atoms with E-state index in [1.165, 1.54) is 31.2 Å². The second kappa shape index (κ2) is 8.84. The first-order valence-electron chi connectivity index (χ1n) is 7.23. The van der Waals surface area contributed by atoms with Crippen LogP contribution in [-0.2, 0) is 6.42 Å². The Morgan fingerprint density at radius 3 is 2.21 bits per heavy atom. The molecule has 0 aliphatic carbocycles. The zero-order valence-electron chi connectivity index (χ0n) is 12.2. The van der Waals surface area contributed by atoms with Gasteiger partial charge in [0.2, 0.25) is 0 Å². The molecule has 1 N–H and O–H groups in total. The van der Waals surface area contributed by atoms with Crippen LogP contribution < -0.4 is 5.32 Å². The zero-order chi connectivity index (χ0) is 14.3. The molecule has 0 saturated heterocycles. The van der Waals surface area contributed by atoms with E-state index in [-0.39, 0.29) is 0 Å². The third-order valence-corrected chi connectivity index (χ3v) is 4.30. The van der Waals surface area contributed by atoms with Crippen molar-refractivity contribution in [1.29, 1.82) is 0 Å². The van der Waals surface area contributed by atoms with Crippen molar-refractivity contribution in [1.82, 2.24) is 5.32 Å². The van der Waals surface area contributed by atoms with Gasteiger partial charge in [0.05, 0.1) is 0 Å². The normalized spacial score (nSPS) is 12.9. The Labute approximate surface area is 127 Å². The van der Waals surface area contributed by atoms with Crippen molar-refractivity contribution in [2.45, 2.75) is 52.0 Å². The predicted molar refractivity (Wildman–Crippen MR) is 86.3 cm³/mol. The van der Waals surface area contributed by atoms with Crippen LogP contribution in [0.5, 0.6) is 0 Å². The smallest absolute Gasteiger partial charge is 0.0453 e. The van der Waals surface area contributed by atoms with Gasteiger partial charge in [0.15, 0.2) is 0 Å². The number of nitrogens with one attached hydrogen (secondary N) is 1. The van der Waals surface area contributed by atoms with Gasteiger partial charge < -0.3 is 5.32 Å². The van der Waals surface area contributed by atoms with E-state index in [1.54, 1.807) is 0 Å². The van der Waals surface area contributed by atoms with Crippen LogP contribution in [0.2, 0.25) is 10.0 Å². The summed E-state index contributed by atoms with van der Waals surface area (Å²) in [5.74, 6) is 0.715. The topological polar surface area (TPSA) is 12.0 Å². The standard InChI is InChI=1S/C16H25Cl2N/c1-4-6-12(7-5-2)16(19-3)10-13-8-9-14(17)11-15(13)18/h8-9,11-12,16,19H,4-7,10H2,1-3H3. The van der Waals surface area contributed by atoms with Crippen molar-refractivity contribution >= 4 is 23.2 Å². The van der Waals surface area contributed by atoms with Crippen LogP contribution >= 0.6 is 23.2 Å². The summed E-state index contributed by atoms with van der Waals surface area (Å²) >= 11 is 12.2. The molecule has 1 nitrogen and oxygen atoms in total. The molecule has 1 aromatic carbocycles. The molecule has 0 bridgehead atoms. The highest BCUT2D eigenvalue weighted by atomic mass is 35.5. The van der Waals surface area contributed by atoms with E-state index in [9.17, 15) is 0 Å². The number of rotatable bonds is 8. The van der Waals surface area contributed by atoms with Gasteiger partial charge in [-0.25, -0.2) is 0 Å². The van der Waals surface area contributed by atoms with E-state index < -0.39 is 0 Å². The number of benzene rings is 1. The first-order chi connectivity index (χ1) is 9.12. The van der Waals surface area contributed by atoms with Gasteiger partial charge in [-0.15, -0.1) is 0 Å². The maximum Gasteiger partial charge on any atom is 0.0453 e. The second-order valence-corrected chi connectivity index (χ2v) is 6.02. The minimum Gasteiger partial charge on any atom is -0.316 e. The lowest BCUT2D eigenvalue weighted by atomic mass is 9.87. The average molecular weight is 302 g/mol. The second-order valence-electron chi connectivity index (χ2n) is 5.17. The molecule has 0 radical (unpaired) electrons. The molecule has 3 heteroatoms. The number of likely N-dealkylation sites (N-methyl/N-ethyl adjacent to an activating group) is 1. The maximum atomic E-state index is 6.28. The summed E-state index contributed by atoms with van der Waals surface area (Å²) in [7, 11) is 2.05. The molecule has 108 valence electrons. The molecule has 1 atom stereocenters. The molecule has 0 spiro atoms. The average Bonchev–Trinajstić information content (AvgIpc) is 2.38. The minimum absolute atomic E-state index is 0.485. The lowest BCUT2D eigenvalue weighted by molar-refractivity contribution is 0.323. The highest BCUT2D eigenvalue weighted by Gasteiger charge is 2.19. The van der Waals surface area contributed by atoms with Crippen LogP contribution in [-0.4, -0.2) is 13.1 Å². The lowest BCUT2D eigenvalue weighted by Crippen LogP contribution is -2.35. The first kappa shape index (κ1) is 16.8. The van der Waals surface area contributed by atoms with E-state index in [4.69, 9.17) is 23.2 Å². The summed E-state index contributed by atoms with van der Waals surface area (Å²) in [6, 6.07) is 6.28. The highest BCUT2D eigenvalue weighted by Crippen LogP contribution is 2.26. The third kappa shape index (κ3) is 5.33. The number of hydrogen-bond donors (Lipinski definition) is 1. The summed E-state index contributed by atoms with van der Waals surface area (Å²) in [5, 5.41) is 4.95. The van der Waals surface area contributed by atoms with Gasteiger partial charge >= 0.3 is 0 Å². The molecule has 0 amide bonds. The van der Waals surface area contributed by atoms with Gasteiger partial charge in [0.1, 0.15) is 0 Å². The Bertz CT molecular complexity index is 373. The van der Waals surface area contributed by atoms with Crippen LogP contribution in [0.3, 0.4) is 0 Å². The Morgan fingerprint density at radius 2 is 1.74 bits per heavy atom. The van der Waals surface area contributed by atoms with Crippen molar-refractivity contribution in [3.05, 3.63) is 33.8 Å². The van der Waals surface area contributed by atoms with Gasteiger partial charge in [-0.2, -0.15) is 0 Å². The Morgan fingerprint density at radius 1 is 1.11 bits per heavy atom. The van der Waals surface area contributed by atoms with Crippen molar-refractivity contribution in [2.24, 2.45) is 5.92 Å². The summed E-state index contributed by atoms with van der Waals surface area (Å²) in [5.41, 5.74) is 1.18. The maximum absolute atomic E-state index is 6.28.